The van der Waals surface area contributed by atoms with Gasteiger partial charge in [0.25, 0.3) is 11.6 Å². The molecule has 1 saturated carbocycles. The fourth-order valence-corrected chi connectivity index (χ4v) is 3.53. The minimum Gasteiger partial charge on any atom is -0.371 e. The maximum absolute atomic E-state index is 12.7. The van der Waals surface area contributed by atoms with Crippen LogP contribution in [0.15, 0.2) is 42.5 Å². The third-order valence-electron chi connectivity index (χ3n) is 5.21. The van der Waals surface area contributed by atoms with Gasteiger partial charge in [-0.3, -0.25) is 19.7 Å². The molecule has 150 valence electrons. The summed E-state index contributed by atoms with van der Waals surface area (Å²) in [5.74, 6) is -0.467. The van der Waals surface area contributed by atoms with Crippen molar-refractivity contribution in [1.29, 1.82) is 0 Å². The monoisotopic (exact) mass is 394 g/mol. The fourth-order valence-electron chi connectivity index (χ4n) is 3.53. The van der Waals surface area contributed by atoms with Crippen molar-refractivity contribution in [2.24, 2.45) is 0 Å². The van der Waals surface area contributed by atoms with E-state index in [1.807, 2.05) is 24.3 Å². The first kappa shape index (κ1) is 18.9. The first-order valence-corrected chi connectivity index (χ1v) is 9.74. The van der Waals surface area contributed by atoms with Crippen LogP contribution in [-0.4, -0.2) is 35.9 Å². The molecule has 8 heteroatoms. The molecule has 1 aliphatic heterocycles. The molecule has 29 heavy (non-hydrogen) atoms. The van der Waals surface area contributed by atoms with Crippen molar-refractivity contribution in [1.82, 2.24) is 5.32 Å². The number of rotatable bonds is 6. The van der Waals surface area contributed by atoms with Crippen molar-refractivity contribution in [2.45, 2.75) is 31.7 Å². The number of anilines is 2. The maximum atomic E-state index is 12.7. The number of hydrogen-bond acceptors (Lipinski definition) is 5. The Morgan fingerprint density at radius 1 is 1.17 bits per heavy atom. The molecular formula is C21H22N4O4. The van der Waals surface area contributed by atoms with Gasteiger partial charge in [-0.2, -0.15) is 0 Å². The van der Waals surface area contributed by atoms with E-state index in [1.54, 1.807) is 4.90 Å². The summed E-state index contributed by atoms with van der Waals surface area (Å²) in [6.07, 6.45) is 3.70. The lowest BCUT2D eigenvalue weighted by Gasteiger charge is -2.29. The molecule has 1 aliphatic carbocycles. The first-order chi connectivity index (χ1) is 14.0. The average Bonchev–Trinajstić information content (AvgIpc) is 3.55. The highest BCUT2D eigenvalue weighted by atomic mass is 16.6. The lowest BCUT2D eigenvalue weighted by Crippen LogP contribution is -2.39. The highest BCUT2D eigenvalue weighted by molar-refractivity contribution is 5.98. The molecule has 2 N–H and O–H groups in total. The van der Waals surface area contributed by atoms with Crippen LogP contribution in [0.1, 0.15) is 35.2 Å². The van der Waals surface area contributed by atoms with Gasteiger partial charge in [-0.15, -0.1) is 0 Å². The molecule has 4 rings (SSSR count). The molecule has 1 fully saturated rings. The number of fused-ring (bicyclic) bond motifs is 1. The van der Waals surface area contributed by atoms with Gasteiger partial charge in [0.05, 0.1) is 11.5 Å². The summed E-state index contributed by atoms with van der Waals surface area (Å²) in [5, 5.41) is 17.2. The summed E-state index contributed by atoms with van der Waals surface area (Å²) in [6, 6.07) is 12.2. The van der Waals surface area contributed by atoms with Gasteiger partial charge in [-0.05, 0) is 49.4 Å². The zero-order valence-corrected chi connectivity index (χ0v) is 15.9. The van der Waals surface area contributed by atoms with Crippen LogP contribution in [-0.2, 0) is 11.2 Å². The minimum absolute atomic E-state index is 0.0667. The number of aryl methyl sites for hydroxylation is 1. The predicted octanol–water partition coefficient (Wildman–Crippen LogP) is 2.88. The molecular weight excluding hydrogens is 372 g/mol. The smallest absolute Gasteiger partial charge is 0.293 e. The Hall–Kier alpha value is -3.42. The van der Waals surface area contributed by atoms with E-state index in [-0.39, 0.29) is 41.3 Å². The summed E-state index contributed by atoms with van der Waals surface area (Å²) in [7, 11) is 0. The number of benzene rings is 2. The summed E-state index contributed by atoms with van der Waals surface area (Å²) in [6.45, 7) is 0.558. The van der Waals surface area contributed by atoms with Gasteiger partial charge in [-0.25, -0.2) is 0 Å². The summed E-state index contributed by atoms with van der Waals surface area (Å²) in [5.41, 5.74) is 2.26. The molecule has 0 spiro atoms. The minimum atomic E-state index is -0.545. The van der Waals surface area contributed by atoms with Crippen molar-refractivity contribution in [3.05, 3.63) is 63.7 Å². The molecule has 2 aromatic rings. The number of nitro benzene ring substituents is 1. The molecule has 2 aromatic carbocycles. The van der Waals surface area contributed by atoms with Crippen molar-refractivity contribution >= 4 is 28.9 Å². The topological polar surface area (TPSA) is 105 Å². The number of nitro groups is 1. The van der Waals surface area contributed by atoms with E-state index < -0.39 is 4.92 Å². The van der Waals surface area contributed by atoms with Gasteiger partial charge in [-0.1, -0.05) is 18.2 Å². The van der Waals surface area contributed by atoms with Crippen LogP contribution in [0.4, 0.5) is 17.1 Å². The SMILES string of the molecule is O=C(NC1CC1)c1ccc(NCC(=O)N2CCCc3ccccc32)c([N+](=O)[O-])c1. The number of carbonyl (C=O) groups is 2. The van der Waals surface area contributed by atoms with Crippen molar-refractivity contribution in [2.75, 3.05) is 23.3 Å². The normalized spacial score (nSPS) is 15.4. The molecule has 0 radical (unpaired) electrons. The van der Waals surface area contributed by atoms with Crippen molar-refractivity contribution in [3.63, 3.8) is 0 Å². The van der Waals surface area contributed by atoms with Crippen LogP contribution in [0.5, 0.6) is 0 Å². The summed E-state index contributed by atoms with van der Waals surface area (Å²) in [4.78, 5) is 37.6. The van der Waals surface area contributed by atoms with E-state index >= 15 is 0 Å². The van der Waals surface area contributed by atoms with E-state index in [1.165, 1.54) is 18.2 Å². The molecule has 0 saturated heterocycles. The number of nitrogens with zero attached hydrogens (tertiary/aromatic N) is 2. The van der Waals surface area contributed by atoms with E-state index in [4.69, 9.17) is 0 Å². The van der Waals surface area contributed by atoms with Crippen LogP contribution in [0.3, 0.4) is 0 Å². The Balaban J connectivity index is 1.47. The molecule has 1 heterocycles. The predicted molar refractivity (Wildman–Crippen MR) is 109 cm³/mol. The molecule has 0 atom stereocenters. The van der Waals surface area contributed by atoms with Crippen molar-refractivity contribution in [3.8, 4) is 0 Å². The van der Waals surface area contributed by atoms with Gasteiger partial charge in [0, 0.05) is 29.9 Å². The standard InChI is InChI=1S/C21H22N4O4/c26-20(24-11-3-5-14-4-1-2-6-18(14)24)13-22-17-10-7-15(12-19(17)25(28)29)21(27)23-16-8-9-16/h1-2,4,6-7,10,12,16,22H,3,5,8-9,11,13H2,(H,23,27). The molecule has 2 amide bonds. The maximum Gasteiger partial charge on any atom is 0.293 e. The first-order valence-electron chi connectivity index (χ1n) is 9.74. The molecule has 2 aliphatic rings. The number of amides is 2. The lowest BCUT2D eigenvalue weighted by atomic mass is 10.0. The Morgan fingerprint density at radius 3 is 2.72 bits per heavy atom. The molecule has 0 bridgehead atoms. The molecule has 0 unspecified atom stereocenters. The highest BCUT2D eigenvalue weighted by Crippen LogP contribution is 2.28. The van der Waals surface area contributed by atoms with Crippen LogP contribution in [0.25, 0.3) is 0 Å². The highest BCUT2D eigenvalue weighted by Gasteiger charge is 2.26. The van der Waals surface area contributed by atoms with E-state index in [9.17, 15) is 19.7 Å². The zero-order valence-electron chi connectivity index (χ0n) is 15.9. The van der Waals surface area contributed by atoms with Gasteiger partial charge < -0.3 is 15.5 Å². The van der Waals surface area contributed by atoms with Gasteiger partial charge in [0.2, 0.25) is 5.91 Å². The number of carbonyl (C=O) groups excluding carboxylic acids is 2. The van der Waals surface area contributed by atoms with Crippen LogP contribution in [0, 0.1) is 10.1 Å². The number of nitrogens with one attached hydrogen (secondary N) is 2. The number of para-hydroxylation sites is 1. The second-order valence-electron chi connectivity index (χ2n) is 7.37. The van der Waals surface area contributed by atoms with E-state index in [0.717, 1.165) is 36.9 Å². The summed E-state index contributed by atoms with van der Waals surface area (Å²) >= 11 is 0. The Morgan fingerprint density at radius 2 is 1.97 bits per heavy atom. The van der Waals surface area contributed by atoms with Gasteiger partial charge >= 0.3 is 0 Å². The van der Waals surface area contributed by atoms with Crippen LogP contribution >= 0.6 is 0 Å². The fraction of sp³-hybridized carbons (Fsp3) is 0.333. The van der Waals surface area contributed by atoms with E-state index in [2.05, 4.69) is 10.6 Å². The Labute approximate surface area is 168 Å². The molecule has 0 aromatic heterocycles. The van der Waals surface area contributed by atoms with Crippen molar-refractivity contribution < 1.29 is 14.5 Å². The second kappa shape index (κ2) is 7.90. The van der Waals surface area contributed by atoms with Crippen LogP contribution < -0.4 is 15.5 Å². The second-order valence-corrected chi connectivity index (χ2v) is 7.37. The largest absolute Gasteiger partial charge is 0.371 e. The zero-order chi connectivity index (χ0) is 20.4. The lowest BCUT2D eigenvalue weighted by molar-refractivity contribution is -0.384. The van der Waals surface area contributed by atoms with Gasteiger partial charge in [0.1, 0.15) is 5.69 Å². The average molecular weight is 394 g/mol. The van der Waals surface area contributed by atoms with Gasteiger partial charge in [0.15, 0.2) is 0 Å². The van der Waals surface area contributed by atoms with E-state index in [0.29, 0.717) is 6.54 Å². The quantitative estimate of drug-likeness (QED) is 0.579. The third kappa shape index (κ3) is 4.21. The molecule has 8 nitrogen and oxygen atoms in total. The Kier molecular flexibility index (Phi) is 5.16. The summed E-state index contributed by atoms with van der Waals surface area (Å²) < 4.78 is 0. The van der Waals surface area contributed by atoms with Crippen LogP contribution in [0.2, 0.25) is 0 Å². The third-order valence-corrected chi connectivity index (χ3v) is 5.21. The Bertz CT molecular complexity index is 971. The number of hydrogen-bond donors (Lipinski definition) is 2.